The number of amides is 8. The van der Waals surface area contributed by atoms with Crippen LogP contribution >= 0.6 is 0 Å². The number of nitrogens with one attached hydrogen (secondary N) is 6. The van der Waals surface area contributed by atoms with Crippen molar-refractivity contribution in [1.29, 1.82) is 0 Å². The van der Waals surface area contributed by atoms with Crippen LogP contribution in [0.25, 0.3) is 55.9 Å². The van der Waals surface area contributed by atoms with E-state index in [4.69, 9.17) is 38.4 Å². The average molecular weight is 1560 g/mol. The molecule has 0 radical (unpaired) electrons. The first-order chi connectivity index (χ1) is 55.3. The van der Waals surface area contributed by atoms with Crippen molar-refractivity contribution in [3.63, 3.8) is 0 Å². The van der Waals surface area contributed by atoms with Crippen molar-refractivity contribution < 1.29 is 66.8 Å². The summed E-state index contributed by atoms with van der Waals surface area (Å²) in [5.74, 6) is 0.811. The van der Waals surface area contributed by atoms with Crippen LogP contribution in [0.3, 0.4) is 0 Å². The Hall–Kier alpha value is -11.0. The molecule has 0 spiro atoms. The summed E-state index contributed by atoms with van der Waals surface area (Å²) in [5, 5.41) is 11.0. The summed E-state index contributed by atoms with van der Waals surface area (Å²) in [6.07, 6.45) is 15.9. The standard InChI is InChI=1S/2C43H53N7O7/c2*1-26(2)37(47-42(53)55-3)40(51)50-20-6-8-36(50)39-45-25-34(46-39)30-15-13-28(14-16-30)27-9-11-29(12-10-27)32-23-33(44-24-32)35-7-5-19-49(35)41(52)38(48-43(54)56-4)31-17-21-57-22-18-31/h2*9-16,24-26,31,35-38H,5-8,17-23H2,1-4H3,(H,45,46)(H,47,53)(H,48,54)/t2*35-,36?,37-,38-/m00/s1. The molecule has 2 unspecified atom stereocenters. The van der Waals surface area contributed by atoms with Crippen LogP contribution < -0.4 is 21.3 Å². The Bertz CT molecular complexity index is 4250. The minimum Gasteiger partial charge on any atom is -0.453 e. The lowest BCUT2D eigenvalue weighted by atomic mass is 9.90. The summed E-state index contributed by atoms with van der Waals surface area (Å²) in [4.78, 5) is 137. The van der Waals surface area contributed by atoms with Gasteiger partial charge in [-0.15, -0.1) is 0 Å². The third-order valence-electron chi connectivity index (χ3n) is 23.5. The number of aliphatic imine (C=N–C) groups is 2. The number of carbonyl (C=O) groups is 8. The summed E-state index contributed by atoms with van der Waals surface area (Å²) in [6.45, 7) is 12.4. The lowest BCUT2D eigenvalue weighted by Gasteiger charge is -2.34. The number of hydrogen-bond acceptors (Lipinski definition) is 18. The molecule has 6 N–H and O–H groups in total. The second-order valence-corrected chi connectivity index (χ2v) is 31.2. The minimum atomic E-state index is -0.686. The molecule has 114 heavy (non-hydrogen) atoms. The molecule has 0 saturated carbocycles. The number of carbonyl (C=O) groups excluding carboxylic acids is 8. The second kappa shape index (κ2) is 37.3. The van der Waals surface area contributed by atoms with E-state index in [0.29, 0.717) is 91.1 Å². The van der Waals surface area contributed by atoms with Gasteiger partial charge in [-0.1, -0.05) is 125 Å². The molecule has 6 fully saturated rings. The zero-order valence-electron chi connectivity index (χ0n) is 66.3. The Morgan fingerprint density at radius 3 is 0.991 bits per heavy atom. The van der Waals surface area contributed by atoms with Crippen molar-refractivity contribution in [2.24, 2.45) is 33.7 Å². The van der Waals surface area contributed by atoms with Crippen LogP contribution in [0, 0.1) is 23.7 Å². The van der Waals surface area contributed by atoms with Gasteiger partial charge in [-0.2, -0.15) is 0 Å². The number of likely N-dealkylation sites (tertiary alicyclic amines) is 4. The SMILES string of the molecule is COC(=O)N[C@H](C(=O)N1CCCC1c1ncc(-c2ccc(-c3ccc(C4=CN=C([C@@H]5CCCN5C(=O)[C@@H](NC(=O)OC)C5CCOCC5)C4)cc3)cc2)[nH]1)C(C)C.COC(=O)N[C@H](C(=O)N1CCCC1c1ncc(-c2ccc(-c3ccc(C4=CN=C([C@@H]5CCCN5C(=O)[C@@H](NC(=O)OC)C5CCOCC5)C4)cc3)cc2)[nH]1)C(C)C. The van der Waals surface area contributed by atoms with Gasteiger partial charge in [0.2, 0.25) is 23.6 Å². The average Bonchev–Trinajstić information content (AvgIpc) is 1.64. The molecular weight excluding hydrogens is 1450 g/mol. The van der Waals surface area contributed by atoms with Crippen molar-refractivity contribution in [2.45, 2.75) is 166 Å². The van der Waals surface area contributed by atoms with Gasteiger partial charge >= 0.3 is 24.4 Å². The van der Waals surface area contributed by atoms with Crippen LogP contribution in [0.2, 0.25) is 0 Å². The van der Waals surface area contributed by atoms with Crippen LogP contribution in [0.4, 0.5) is 19.2 Å². The fourth-order valence-electron chi connectivity index (χ4n) is 17.1. The molecule has 6 saturated heterocycles. The first-order valence-electron chi connectivity index (χ1n) is 40.1. The number of hydrogen-bond donors (Lipinski definition) is 6. The molecule has 8 amide bonds. The molecule has 2 aromatic heterocycles. The summed E-state index contributed by atoms with van der Waals surface area (Å²) in [6, 6.07) is 30.2. The van der Waals surface area contributed by atoms with Crippen molar-refractivity contribution in [2.75, 3.05) is 81.0 Å². The summed E-state index contributed by atoms with van der Waals surface area (Å²) < 4.78 is 30.3. The predicted octanol–water partition coefficient (Wildman–Crippen LogP) is 12.2. The second-order valence-electron chi connectivity index (χ2n) is 31.2. The Morgan fingerprint density at radius 2 is 0.675 bits per heavy atom. The number of rotatable bonds is 22. The third-order valence-corrected chi connectivity index (χ3v) is 23.5. The van der Waals surface area contributed by atoms with Gasteiger partial charge in [0.1, 0.15) is 35.8 Å². The summed E-state index contributed by atoms with van der Waals surface area (Å²) in [7, 11) is 5.21. The van der Waals surface area contributed by atoms with Gasteiger partial charge in [-0.25, -0.2) is 29.1 Å². The van der Waals surface area contributed by atoms with E-state index in [9.17, 15) is 38.4 Å². The fraction of sp³-hybridized carbons (Fsp3) is 0.488. The quantitative estimate of drug-likeness (QED) is 0.0344. The van der Waals surface area contributed by atoms with Crippen molar-refractivity contribution in [1.82, 2.24) is 60.8 Å². The number of benzene rings is 4. The van der Waals surface area contributed by atoms with Crippen LogP contribution in [-0.4, -0.2) is 216 Å². The highest BCUT2D eigenvalue weighted by Crippen LogP contribution is 2.39. The van der Waals surface area contributed by atoms with Crippen molar-refractivity contribution in [3.8, 4) is 44.8 Å². The van der Waals surface area contributed by atoms with Gasteiger partial charge in [-0.05, 0) is 156 Å². The molecule has 6 aromatic rings. The van der Waals surface area contributed by atoms with Gasteiger partial charge in [0.05, 0.1) is 76.4 Å². The van der Waals surface area contributed by atoms with Crippen molar-refractivity contribution in [3.05, 3.63) is 145 Å². The fourth-order valence-corrected chi connectivity index (χ4v) is 17.1. The third kappa shape index (κ3) is 18.6. The Labute approximate surface area is 665 Å². The molecule has 0 aliphatic carbocycles. The van der Waals surface area contributed by atoms with E-state index in [0.717, 1.165) is 141 Å². The first-order valence-corrected chi connectivity index (χ1v) is 40.1. The molecule has 0 bridgehead atoms. The van der Waals surface area contributed by atoms with Crippen LogP contribution in [0.5, 0.6) is 0 Å². The first kappa shape index (κ1) is 81.0. The predicted molar refractivity (Wildman–Crippen MR) is 430 cm³/mol. The lowest BCUT2D eigenvalue weighted by Crippen LogP contribution is -2.55. The number of alkyl carbamates (subject to hydrolysis) is 4. The molecule has 8 aliphatic rings. The number of ether oxygens (including phenoxy) is 6. The Kier molecular flexibility index (Phi) is 26.5. The van der Waals surface area contributed by atoms with E-state index in [1.165, 1.54) is 28.4 Å². The number of imidazole rings is 2. The number of allylic oxidation sites excluding steroid dienone is 2. The topological polar surface area (TPSA) is 335 Å². The van der Waals surface area contributed by atoms with E-state index in [1.807, 2.05) is 72.1 Å². The molecule has 10 heterocycles. The normalized spacial score (nSPS) is 20.9. The maximum Gasteiger partial charge on any atom is 0.407 e. The highest BCUT2D eigenvalue weighted by atomic mass is 16.6. The highest BCUT2D eigenvalue weighted by molar-refractivity contribution is 6.05. The monoisotopic (exact) mass is 1560 g/mol. The lowest BCUT2D eigenvalue weighted by molar-refractivity contribution is -0.136. The summed E-state index contributed by atoms with van der Waals surface area (Å²) in [5.41, 5.74) is 14.4. The molecule has 28 heteroatoms. The van der Waals surface area contributed by atoms with Crippen LogP contribution in [0.15, 0.2) is 132 Å². The maximum absolute atomic E-state index is 14.0. The zero-order chi connectivity index (χ0) is 80.1. The largest absolute Gasteiger partial charge is 0.453 e. The number of methoxy groups -OCH3 is 4. The zero-order valence-corrected chi connectivity index (χ0v) is 66.3. The molecule has 8 aliphatic heterocycles. The molecular formula is C86H106N14O14. The number of aromatic amines is 2. The van der Waals surface area contributed by atoms with Gasteiger partial charge in [0.25, 0.3) is 0 Å². The minimum absolute atomic E-state index is 0.00618. The highest BCUT2D eigenvalue weighted by Gasteiger charge is 2.45. The van der Waals surface area contributed by atoms with Crippen LogP contribution in [0.1, 0.15) is 152 Å². The van der Waals surface area contributed by atoms with Crippen LogP contribution in [-0.2, 0) is 47.6 Å². The molecule has 14 rings (SSSR count). The van der Waals surface area contributed by atoms with E-state index in [2.05, 4.69) is 138 Å². The van der Waals surface area contributed by atoms with E-state index in [1.54, 1.807) is 0 Å². The van der Waals surface area contributed by atoms with E-state index in [-0.39, 0.29) is 71.5 Å². The Morgan fingerprint density at radius 1 is 0.386 bits per heavy atom. The number of nitrogens with zero attached hydrogens (tertiary/aromatic N) is 8. The molecule has 604 valence electrons. The molecule has 28 nitrogen and oxygen atoms in total. The van der Waals surface area contributed by atoms with Crippen molar-refractivity contribution >= 4 is 70.6 Å². The van der Waals surface area contributed by atoms with Gasteiger partial charge in [-0.3, -0.25) is 29.2 Å². The Balaban J connectivity index is 0.000000199. The van der Waals surface area contributed by atoms with Gasteiger partial charge < -0.3 is 79.3 Å². The van der Waals surface area contributed by atoms with Gasteiger partial charge in [0.15, 0.2) is 0 Å². The molecule has 4 aromatic carbocycles. The van der Waals surface area contributed by atoms with E-state index < -0.39 is 48.5 Å². The van der Waals surface area contributed by atoms with Gasteiger partial charge in [0, 0.05) is 89.3 Å². The molecule has 8 atom stereocenters. The number of aromatic nitrogens is 4. The maximum atomic E-state index is 14.0. The smallest absolute Gasteiger partial charge is 0.407 e. The number of H-pyrrole nitrogens is 2. The van der Waals surface area contributed by atoms with E-state index >= 15 is 0 Å². The summed E-state index contributed by atoms with van der Waals surface area (Å²) >= 11 is 0.